The first-order valence-corrected chi connectivity index (χ1v) is 6.75. The molecule has 0 unspecified atom stereocenters. The van der Waals surface area contributed by atoms with E-state index in [1.54, 1.807) is 0 Å². The standard InChI is InChI=1S/C9H17N3O3S/c1-8(2)10-4-5-11-16(13,14)7-9-3-6-15-12-9/h3,6,8,10-11H,4-5,7H2,1-2H3. The van der Waals surface area contributed by atoms with Crippen molar-refractivity contribution in [3.63, 3.8) is 0 Å². The van der Waals surface area contributed by atoms with Gasteiger partial charge >= 0.3 is 0 Å². The van der Waals surface area contributed by atoms with Gasteiger partial charge < -0.3 is 9.84 Å². The van der Waals surface area contributed by atoms with E-state index in [9.17, 15) is 8.42 Å². The summed E-state index contributed by atoms with van der Waals surface area (Å²) in [5, 5.41) is 6.66. The molecule has 16 heavy (non-hydrogen) atoms. The molecule has 0 spiro atoms. The fourth-order valence-corrected chi connectivity index (χ4v) is 2.18. The molecule has 92 valence electrons. The monoisotopic (exact) mass is 247 g/mol. The van der Waals surface area contributed by atoms with Crippen LogP contribution in [0.15, 0.2) is 16.9 Å². The Morgan fingerprint density at radius 2 is 2.19 bits per heavy atom. The second-order valence-corrected chi connectivity index (χ2v) is 5.56. The zero-order chi connectivity index (χ0) is 12.0. The van der Waals surface area contributed by atoms with Gasteiger partial charge in [-0.15, -0.1) is 0 Å². The van der Waals surface area contributed by atoms with E-state index >= 15 is 0 Å². The number of sulfonamides is 1. The Bertz CT molecular complexity index is 386. The predicted octanol–water partition coefficient (Wildman–Crippen LogP) is 0.0920. The first kappa shape index (κ1) is 13.1. The SMILES string of the molecule is CC(C)NCCNS(=O)(=O)Cc1ccon1. The second kappa shape index (κ2) is 5.97. The smallest absolute Gasteiger partial charge is 0.217 e. The summed E-state index contributed by atoms with van der Waals surface area (Å²) in [5.41, 5.74) is 0.407. The highest BCUT2D eigenvalue weighted by Crippen LogP contribution is 2.00. The molecule has 1 heterocycles. The normalized spacial score (nSPS) is 12.2. The van der Waals surface area contributed by atoms with Crippen LogP contribution in [0, 0.1) is 0 Å². The van der Waals surface area contributed by atoms with Crippen molar-refractivity contribution in [1.29, 1.82) is 0 Å². The topological polar surface area (TPSA) is 84.2 Å². The van der Waals surface area contributed by atoms with Gasteiger partial charge in [0.15, 0.2) is 0 Å². The Labute approximate surface area is 95.4 Å². The lowest BCUT2D eigenvalue weighted by Gasteiger charge is -2.08. The van der Waals surface area contributed by atoms with Crippen LogP contribution in [0.3, 0.4) is 0 Å². The van der Waals surface area contributed by atoms with Gasteiger partial charge in [0.25, 0.3) is 0 Å². The molecule has 0 amide bonds. The molecule has 0 saturated heterocycles. The lowest BCUT2D eigenvalue weighted by atomic mass is 10.4. The zero-order valence-electron chi connectivity index (χ0n) is 9.43. The van der Waals surface area contributed by atoms with Crippen molar-refractivity contribution in [1.82, 2.24) is 15.2 Å². The molecule has 6 nitrogen and oxygen atoms in total. The van der Waals surface area contributed by atoms with Crippen LogP contribution in [-0.2, 0) is 15.8 Å². The Balaban J connectivity index is 2.30. The fourth-order valence-electron chi connectivity index (χ4n) is 1.13. The fraction of sp³-hybridized carbons (Fsp3) is 0.667. The summed E-state index contributed by atoms with van der Waals surface area (Å²) >= 11 is 0. The molecular weight excluding hydrogens is 230 g/mol. The molecule has 1 rings (SSSR count). The van der Waals surface area contributed by atoms with Crippen molar-refractivity contribution in [3.05, 3.63) is 18.0 Å². The van der Waals surface area contributed by atoms with Crippen LogP contribution in [-0.4, -0.2) is 32.7 Å². The van der Waals surface area contributed by atoms with E-state index in [0.717, 1.165) is 0 Å². The van der Waals surface area contributed by atoms with Crippen LogP contribution in [0.4, 0.5) is 0 Å². The van der Waals surface area contributed by atoms with Crippen LogP contribution in [0.5, 0.6) is 0 Å². The van der Waals surface area contributed by atoms with E-state index in [0.29, 0.717) is 24.8 Å². The first-order chi connectivity index (χ1) is 7.49. The lowest BCUT2D eigenvalue weighted by Crippen LogP contribution is -2.35. The molecule has 0 fully saturated rings. The molecule has 0 bridgehead atoms. The average Bonchev–Trinajstić information content (AvgIpc) is 2.64. The largest absolute Gasteiger partial charge is 0.364 e. The van der Waals surface area contributed by atoms with E-state index in [1.165, 1.54) is 12.3 Å². The van der Waals surface area contributed by atoms with Gasteiger partial charge in [-0.3, -0.25) is 0 Å². The Morgan fingerprint density at radius 3 is 2.75 bits per heavy atom. The van der Waals surface area contributed by atoms with Gasteiger partial charge in [-0.05, 0) is 0 Å². The molecule has 0 atom stereocenters. The summed E-state index contributed by atoms with van der Waals surface area (Å²) in [5.74, 6) is -0.148. The van der Waals surface area contributed by atoms with Crippen LogP contribution in [0.1, 0.15) is 19.5 Å². The molecule has 7 heteroatoms. The van der Waals surface area contributed by atoms with Crippen LogP contribution in [0.2, 0.25) is 0 Å². The maximum absolute atomic E-state index is 11.5. The van der Waals surface area contributed by atoms with Gasteiger partial charge in [-0.25, -0.2) is 13.1 Å². The summed E-state index contributed by atoms with van der Waals surface area (Å²) in [6.07, 6.45) is 1.35. The summed E-state index contributed by atoms with van der Waals surface area (Å²) in [4.78, 5) is 0. The maximum atomic E-state index is 11.5. The second-order valence-electron chi connectivity index (χ2n) is 3.75. The minimum Gasteiger partial charge on any atom is -0.364 e. The molecule has 2 N–H and O–H groups in total. The van der Waals surface area contributed by atoms with Gasteiger partial charge in [0.1, 0.15) is 12.0 Å². The quantitative estimate of drug-likeness (QED) is 0.667. The minimum absolute atomic E-state index is 0.148. The number of rotatable bonds is 7. The van der Waals surface area contributed by atoms with Gasteiger partial charge in [-0.1, -0.05) is 19.0 Å². The Morgan fingerprint density at radius 1 is 1.44 bits per heavy atom. The highest BCUT2D eigenvalue weighted by Gasteiger charge is 2.12. The summed E-state index contributed by atoms with van der Waals surface area (Å²) in [6, 6.07) is 1.88. The molecule has 1 aromatic heterocycles. The van der Waals surface area contributed by atoms with Gasteiger partial charge in [-0.2, -0.15) is 0 Å². The third-order valence-corrected chi connectivity index (χ3v) is 3.15. The van der Waals surface area contributed by atoms with Crippen molar-refractivity contribution in [2.75, 3.05) is 13.1 Å². The molecule has 0 aliphatic heterocycles. The lowest BCUT2D eigenvalue weighted by molar-refractivity contribution is 0.413. The van der Waals surface area contributed by atoms with Crippen LogP contribution in [0.25, 0.3) is 0 Å². The number of nitrogens with zero attached hydrogens (tertiary/aromatic N) is 1. The minimum atomic E-state index is -3.31. The predicted molar refractivity (Wildman–Crippen MR) is 60.3 cm³/mol. The van der Waals surface area contributed by atoms with Gasteiger partial charge in [0.05, 0.1) is 5.69 Å². The zero-order valence-corrected chi connectivity index (χ0v) is 10.3. The molecule has 0 aromatic carbocycles. The highest BCUT2D eigenvalue weighted by molar-refractivity contribution is 7.88. The average molecular weight is 247 g/mol. The van der Waals surface area contributed by atoms with E-state index in [2.05, 4.69) is 19.7 Å². The third-order valence-electron chi connectivity index (χ3n) is 1.83. The first-order valence-electron chi connectivity index (χ1n) is 5.09. The molecule has 0 aliphatic carbocycles. The van der Waals surface area contributed by atoms with Crippen LogP contribution >= 0.6 is 0 Å². The van der Waals surface area contributed by atoms with Crippen molar-refractivity contribution in [2.45, 2.75) is 25.6 Å². The van der Waals surface area contributed by atoms with Crippen molar-refractivity contribution in [3.8, 4) is 0 Å². The van der Waals surface area contributed by atoms with Crippen LogP contribution < -0.4 is 10.0 Å². The van der Waals surface area contributed by atoms with E-state index < -0.39 is 10.0 Å². The molecule has 1 aromatic rings. The molecule has 0 saturated carbocycles. The Hall–Kier alpha value is -0.920. The third kappa shape index (κ3) is 5.24. The summed E-state index contributed by atoms with van der Waals surface area (Å²) < 4.78 is 30.1. The van der Waals surface area contributed by atoms with E-state index in [1.807, 2.05) is 13.8 Å². The summed E-state index contributed by atoms with van der Waals surface area (Å²) in [7, 11) is -3.31. The van der Waals surface area contributed by atoms with E-state index in [4.69, 9.17) is 0 Å². The van der Waals surface area contributed by atoms with Gasteiger partial charge in [0.2, 0.25) is 10.0 Å². The number of aromatic nitrogens is 1. The number of hydrogen-bond acceptors (Lipinski definition) is 5. The van der Waals surface area contributed by atoms with Crippen molar-refractivity contribution >= 4 is 10.0 Å². The Kier molecular flexibility index (Phi) is 4.91. The molecule has 0 radical (unpaired) electrons. The molecule has 0 aliphatic rings. The van der Waals surface area contributed by atoms with Gasteiger partial charge in [0, 0.05) is 25.2 Å². The van der Waals surface area contributed by atoms with Crippen molar-refractivity contribution < 1.29 is 12.9 Å². The van der Waals surface area contributed by atoms with Crippen molar-refractivity contribution in [2.24, 2.45) is 0 Å². The summed E-state index contributed by atoms with van der Waals surface area (Å²) in [6.45, 7) is 4.99. The number of nitrogens with one attached hydrogen (secondary N) is 2. The highest BCUT2D eigenvalue weighted by atomic mass is 32.2. The number of hydrogen-bond donors (Lipinski definition) is 2. The van der Waals surface area contributed by atoms with E-state index in [-0.39, 0.29) is 5.75 Å². The maximum Gasteiger partial charge on any atom is 0.217 e. The molecular formula is C9H17N3O3S.